The van der Waals surface area contributed by atoms with Crippen molar-refractivity contribution in [3.63, 3.8) is 0 Å². The van der Waals surface area contributed by atoms with Crippen molar-refractivity contribution >= 4 is 53.7 Å². The lowest BCUT2D eigenvalue weighted by Crippen LogP contribution is -1.81. The van der Waals surface area contributed by atoms with Crippen LogP contribution in [0.15, 0.2) is 4.48 Å². The third kappa shape index (κ3) is 3.47. The fourth-order valence-corrected chi connectivity index (χ4v) is 0.231. The van der Waals surface area contributed by atoms with Crippen LogP contribution in [-0.2, 0) is 4.79 Å². The molecule has 0 aromatic rings. The highest BCUT2D eigenvalue weighted by atomic mass is 79.9. The fourth-order valence-electron chi connectivity index (χ4n) is 0.0445. The van der Waals surface area contributed by atoms with Gasteiger partial charge in [-0.25, -0.2) is 4.79 Å². The number of hydrogen-bond donors (Lipinski definition) is 0. The average Bonchev–Trinajstić information content (AvgIpc) is 1.65. The van der Waals surface area contributed by atoms with Crippen LogP contribution in [0.2, 0.25) is 0 Å². The molecule has 0 spiro atoms. The number of allylic oxidation sites excluding steroid dienone is 1. The number of halogens is 3. The summed E-state index contributed by atoms with van der Waals surface area (Å²) in [6.07, 6.45) is 0. The summed E-state index contributed by atoms with van der Waals surface area (Å²) in [6.45, 7) is 0. The van der Waals surface area contributed by atoms with Crippen LogP contribution < -0.4 is 0 Å². The van der Waals surface area contributed by atoms with E-state index in [1.165, 1.54) is 0 Å². The van der Waals surface area contributed by atoms with Gasteiger partial charge in [0.15, 0.2) is 0 Å². The zero-order valence-corrected chi connectivity index (χ0v) is 7.88. The number of hydrogen-bond acceptors (Lipinski definition) is 1. The lowest BCUT2D eigenvalue weighted by Gasteiger charge is -1.87. The second kappa shape index (κ2) is 3.84. The lowest BCUT2D eigenvalue weighted by molar-refractivity contribution is 0.568. The van der Waals surface area contributed by atoms with Gasteiger partial charge in [0.25, 0.3) is 0 Å². The van der Waals surface area contributed by atoms with E-state index in [1.807, 2.05) is 0 Å². The smallest absolute Gasteiger partial charge is 0.137 e. The molecule has 0 rings (SSSR count). The quantitative estimate of drug-likeness (QED) is 0.535. The van der Waals surface area contributed by atoms with Gasteiger partial charge in [0.2, 0.25) is 0 Å². The van der Waals surface area contributed by atoms with Crippen LogP contribution in [0.25, 0.3) is 0 Å². The van der Waals surface area contributed by atoms with E-state index in [0.717, 1.165) is 0 Å². The summed E-state index contributed by atoms with van der Waals surface area (Å²) in [6, 6.07) is 0. The van der Waals surface area contributed by atoms with Gasteiger partial charge in [-0.15, -0.1) is 0 Å². The predicted octanol–water partition coefficient (Wildman–Crippen LogP) is 2.21. The van der Waals surface area contributed by atoms with Gasteiger partial charge in [0.1, 0.15) is 14.2 Å². The first-order chi connectivity index (χ1) is 3.18. The van der Waals surface area contributed by atoms with Crippen LogP contribution in [0.4, 0.5) is 0 Å². The Morgan fingerprint density at radius 3 is 2.00 bits per heavy atom. The molecule has 4 heteroatoms. The van der Waals surface area contributed by atoms with Gasteiger partial charge >= 0.3 is 0 Å². The first-order valence-electron chi connectivity index (χ1n) is 1.37. The molecule has 0 aliphatic carbocycles. The van der Waals surface area contributed by atoms with Gasteiger partial charge in [-0.1, -0.05) is 31.9 Å². The molecule has 0 atom stereocenters. The van der Waals surface area contributed by atoms with Gasteiger partial charge < -0.3 is 0 Å². The van der Waals surface area contributed by atoms with E-state index in [0.29, 0.717) is 4.48 Å². The van der Waals surface area contributed by atoms with Crippen molar-refractivity contribution in [1.29, 1.82) is 0 Å². The summed E-state index contributed by atoms with van der Waals surface area (Å²) in [5.41, 5.74) is 0. The van der Waals surface area contributed by atoms with Crippen molar-refractivity contribution in [2.24, 2.45) is 0 Å². The highest BCUT2D eigenvalue weighted by Gasteiger charge is 2.00. The van der Waals surface area contributed by atoms with Gasteiger partial charge in [-0.05, 0) is 15.9 Å². The van der Waals surface area contributed by atoms with E-state index >= 15 is 0 Å². The molecule has 0 radical (unpaired) electrons. The van der Waals surface area contributed by atoms with E-state index in [2.05, 4.69) is 47.8 Å². The first-order valence-corrected chi connectivity index (χ1v) is 3.99. The molecule has 0 N–H and O–H groups in total. The highest BCUT2D eigenvalue weighted by Crippen LogP contribution is 2.20. The molecule has 0 unspecified atom stereocenters. The van der Waals surface area contributed by atoms with Gasteiger partial charge in [0.05, 0.1) is 0 Å². The molecule has 0 heterocycles. The molecule has 1 nitrogen and oxygen atoms in total. The Balaban J connectivity index is 3.81. The van der Waals surface area contributed by atoms with Crippen molar-refractivity contribution in [3.05, 3.63) is 4.48 Å². The Morgan fingerprint density at radius 1 is 1.57 bits per heavy atom. The summed E-state index contributed by atoms with van der Waals surface area (Å²) >= 11 is 9.08. The standard InChI is InChI=1S/C3HBr3O/c4-2(1-7)3(5)6/h3H. The second-order valence-electron chi connectivity index (χ2n) is 0.751. The Labute approximate surface area is 66.5 Å². The van der Waals surface area contributed by atoms with Crippen molar-refractivity contribution < 1.29 is 4.79 Å². The van der Waals surface area contributed by atoms with Crippen molar-refractivity contribution in [2.45, 2.75) is 3.74 Å². The highest BCUT2D eigenvalue weighted by molar-refractivity contribution is 9.26. The molecule has 0 aromatic heterocycles. The van der Waals surface area contributed by atoms with Crippen LogP contribution >= 0.6 is 47.8 Å². The van der Waals surface area contributed by atoms with Crippen molar-refractivity contribution in [1.82, 2.24) is 0 Å². The minimum absolute atomic E-state index is 0.0995. The maximum Gasteiger partial charge on any atom is 0.137 e. The lowest BCUT2D eigenvalue weighted by atomic mass is 10.8. The topological polar surface area (TPSA) is 17.1 Å². The van der Waals surface area contributed by atoms with E-state index in [-0.39, 0.29) is 3.74 Å². The van der Waals surface area contributed by atoms with E-state index in [1.54, 1.807) is 5.94 Å². The molecule has 0 amide bonds. The molecule has 7 heavy (non-hydrogen) atoms. The average molecular weight is 293 g/mol. The van der Waals surface area contributed by atoms with Crippen molar-refractivity contribution in [3.8, 4) is 0 Å². The Kier molecular flexibility index (Phi) is 4.33. The summed E-state index contributed by atoms with van der Waals surface area (Å²) in [5.74, 6) is 1.65. The summed E-state index contributed by atoms with van der Waals surface area (Å²) in [4.78, 5) is 9.68. The van der Waals surface area contributed by atoms with Crippen LogP contribution in [0.3, 0.4) is 0 Å². The fraction of sp³-hybridized carbons (Fsp3) is 0.333. The largest absolute Gasteiger partial charge is 0.233 e. The van der Waals surface area contributed by atoms with Crippen LogP contribution in [0, 0.1) is 0 Å². The molecule has 0 saturated heterocycles. The third-order valence-corrected chi connectivity index (χ3v) is 3.05. The molecule has 0 saturated carbocycles. The summed E-state index contributed by atoms with van der Waals surface area (Å²) in [7, 11) is 0. The molecular weight excluding hydrogens is 292 g/mol. The Hall–Kier alpha value is 0.890. The SMILES string of the molecule is O=C=C(Br)C(Br)Br. The first kappa shape index (κ1) is 7.89. The zero-order valence-electron chi connectivity index (χ0n) is 3.12. The number of carbonyl (C=O) groups excluding carboxylic acids is 1. The maximum atomic E-state index is 9.68. The molecule has 0 aromatic carbocycles. The van der Waals surface area contributed by atoms with Crippen molar-refractivity contribution in [2.75, 3.05) is 0 Å². The summed E-state index contributed by atoms with van der Waals surface area (Å²) < 4.78 is 0.338. The molecule has 0 aliphatic heterocycles. The minimum Gasteiger partial charge on any atom is -0.233 e. The maximum absolute atomic E-state index is 9.68. The van der Waals surface area contributed by atoms with Crippen LogP contribution in [-0.4, -0.2) is 9.68 Å². The zero-order chi connectivity index (χ0) is 5.86. The number of alkyl halides is 2. The Bertz CT molecular complexity index is 103. The minimum atomic E-state index is -0.0995. The van der Waals surface area contributed by atoms with Gasteiger partial charge in [-0.2, -0.15) is 0 Å². The van der Waals surface area contributed by atoms with Gasteiger partial charge in [0, 0.05) is 0 Å². The predicted molar refractivity (Wildman–Crippen MR) is 39.8 cm³/mol. The monoisotopic (exact) mass is 290 g/mol. The molecule has 40 valence electrons. The second-order valence-corrected chi connectivity index (χ2v) is 4.67. The normalized spacial score (nSPS) is 8.57. The molecule has 0 aliphatic rings. The third-order valence-electron chi connectivity index (χ3n) is 0.289. The van der Waals surface area contributed by atoms with Crippen LogP contribution in [0.1, 0.15) is 0 Å². The van der Waals surface area contributed by atoms with Gasteiger partial charge in [-0.3, -0.25) is 0 Å². The summed E-state index contributed by atoms with van der Waals surface area (Å²) in [5, 5.41) is 0. The number of rotatable bonds is 1. The Morgan fingerprint density at radius 2 is 2.00 bits per heavy atom. The molecule has 0 bridgehead atoms. The van der Waals surface area contributed by atoms with E-state index < -0.39 is 0 Å². The van der Waals surface area contributed by atoms with E-state index in [9.17, 15) is 4.79 Å². The molecule has 0 fully saturated rings. The van der Waals surface area contributed by atoms with Crippen LogP contribution in [0.5, 0.6) is 0 Å². The molecular formula is C3HBr3O. The van der Waals surface area contributed by atoms with E-state index in [4.69, 9.17) is 0 Å².